The Morgan fingerprint density at radius 1 is 0.738 bits per heavy atom. The zero-order chi connectivity index (χ0) is 46.0. The Morgan fingerprint density at radius 3 is 1.69 bits per heavy atom. The molecule has 6 heterocycles. The number of hydrogen-bond acceptors (Lipinski definition) is 13. The zero-order valence-corrected chi connectivity index (χ0v) is 44.4. The first-order valence-corrected chi connectivity index (χ1v) is 20.6. The summed E-state index contributed by atoms with van der Waals surface area (Å²) in [5.74, 6) is 12.8. The van der Waals surface area contributed by atoms with Crippen molar-refractivity contribution in [1.82, 2.24) is 57.7 Å². The zero-order valence-electron chi connectivity index (χ0n) is 37.4. The van der Waals surface area contributed by atoms with Gasteiger partial charge < -0.3 is 20.7 Å². The quantitative estimate of drug-likeness (QED) is 0.0344. The van der Waals surface area contributed by atoms with E-state index in [0.29, 0.717) is 55.9 Å². The maximum Gasteiger partial charge on any atom is 1.00 e. The second-order valence-electron chi connectivity index (χ2n) is 13.0. The van der Waals surface area contributed by atoms with Gasteiger partial charge in [-0.3, -0.25) is 33.1 Å². The topological polar surface area (TPSA) is 235 Å². The minimum atomic E-state index is -0.485. The van der Waals surface area contributed by atoms with Crippen molar-refractivity contribution in [3.63, 3.8) is 0 Å². The van der Waals surface area contributed by atoms with E-state index in [4.69, 9.17) is 21.7 Å². The van der Waals surface area contributed by atoms with E-state index < -0.39 is 22.5 Å². The Balaban J connectivity index is 0.000000345. The molecule has 8 rings (SSSR count). The molecular formula is C41H37Br2ClN12Na2O7. The van der Waals surface area contributed by atoms with Gasteiger partial charge in [-0.05, 0) is 71.7 Å². The molecule has 0 amide bonds. The average molecular weight is 1050 g/mol. The summed E-state index contributed by atoms with van der Waals surface area (Å²) in [5.41, 5.74) is 2.92. The first-order chi connectivity index (χ1) is 30.2. The normalized spacial score (nSPS) is 10.1. The third-order valence-corrected chi connectivity index (χ3v) is 10.6. The molecular weight excluding hydrogens is 1010 g/mol. The SMILES string of the molecule is CC#CCn1c(Br)nc2c1c(=O)[nH]c(=O)n2C.CC#CCn1c(Br)nc2c1c(=O)n(Cc1nc(C)c3ccccc3n1)c(=O)n2C.Cc1nc(CCl)nc2ccccc12.O=CO[O-].[H-].[Na+].[Na+]. The number of aryl methyl sites for hydroxylation is 4. The largest absolute Gasteiger partial charge is 1.00 e. The monoisotopic (exact) mass is 1050 g/mol. The number of nitrogens with zero attached hydrogens (tertiary/aromatic N) is 11. The number of carbonyl (C=O) groups excluding carboxylic acids is 1. The van der Waals surface area contributed by atoms with Gasteiger partial charge in [0.05, 0.1) is 36.5 Å². The minimum Gasteiger partial charge on any atom is -1.00 e. The number of imidazole rings is 2. The van der Waals surface area contributed by atoms with Crippen molar-refractivity contribution in [2.45, 2.75) is 53.2 Å². The number of carbonyl (C=O) groups is 1. The van der Waals surface area contributed by atoms with E-state index in [2.05, 4.69) is 95.3 Å². The minimum absolute atomic E-state index is 0. The fourth-order valence-electron chi connectivity index (χ4n) is 6.16. The molecule has 0 fully saturated rings. The Hall–Kier alpha value is -4.78. The van der Waals surface area contributed by atoms with Gasteiger partial charge in [-0.2, -0.15) is 0 Å². The Kier molecular flexibility index (Phi) is 21.2. The number of fused-ring (bicyclic) bond motifs is 4. The van der Waals surface area contributed by atoms with Gasteiger partial charge in [0.25, 0.3) is 17.6 Å². The van der Waals surface area contributed by atoms with Crippen molar-refractivity contribution < 1.29 is 75.5 Å². The van der Waals surface area contributed by atoms with Gasteiger partial charge in [0.15, 0.2) is 31.8 Å². The maximum atomic E-state index is 13.2. The third kappa shape index (κ3) is 12.6. The Morgan fingerprint density at radius 2 is 1.20 bits per heavy atom. The number of aromatic amines is 1. The van der Waals surface area contributed by atoms with Gasteiger partial charge in [0.1, 0.15) is 11.6 Å². The molecule has 0 bridgehead atoms. The molecule has 19 nitrogen and oxygen atoms in total. The molecule has 1 N–H and O–H groups in total. The molecule has 65 heavy (non-hydrogen) atoms. The van der Waals surface area contributed by atoms with E-state index in [1.165, 1.54) is 9.13 Å². The van der Waals surface area contributed by atoms with Crippen LogP contribution in [0.5, 0.6) is 0 Å². The second kappa shape index (κ2) is 25.2. The summed E-state index contributed by atoms with van der Waals surface area (Å²) >= 11 is 12.3. The van der Waals surface area contributed by atoms with Crippen molar-refractivity contribution in [2.75, 3.05) is 0 Å². The van der Waals surface area contributed by atoms with Crippen LogP contribution in [0.15, 0.2) is 77.2 Å². The van der Waals surface area contributed by atoms with E-state index in [1.807, 2.05) is 62.4 Å². The summed E-state index contributed by atoms with van der Waals surface area (Å²) < 4.78 is 7.96. The van der Waals surface area contributed by atoms with Crippen molar-refractivity contribution in [3.8, 4) is 23.7 Å². The molecule has 24 heteroatoms. The summed E-state index contributed by atoms with van der Waals surface area (Å²) in [6.07, 6.45) is 0. The van der Waals surface area contributed by atoms with E-state index in [-0.39, 0.29) is 80.1 Å². The van der Waals surface area contributed by atoms with Crippen LogP contribution in [0.2, 0.25) is 0 Å². The number of H-pyrrole nitrogens is 1. The molecule has 2 aromatic carbocycles. The number of alkyl halides is 1. The van der Waals surface area contributed by atoms with E-state index >= 15 is 0 Å². The second-order valence-corrected chi connectivity index (χ2v) is 14.7. The molecule has 326 valence electrons. The first kappa shape index (κ1) is 54.6. The number of benzene rings is 2. The summed E-state index contributed by atoms with van der Waals surface area (Å²) in [7, 11) is 3.14. The summed E-state index contributed by atoms with van der Waals surface area (Å²) in [5, 5.41) is 10.5. The van der Waals surface area contributed by atoms with Gasteiger partial charge >= 0.3 is 70.5 Å². The van der Waals surface area contributed by atoms with Gasteiger partial charge in [-0.15, -0.1) is 23.4 Å². The number of rotatable bonds is 6. The predicted octanol–water partition coefficient (Wildman–Crippen LogP) is -2.58. The van der Waals surface area contributed by atoms with Crippen LogP contribution in [-0.2, 0) is 49.3 Å². The third-order valence-electron chi connectivity index (χ3n) is 9.11. The van der Waals surface area contributed by atoms with Crippen molar-refractivity contribution >= 4 is 94.1 Å². The predicted molar refractivity (Wildman–Crippen MR) is 243 cm³/mol. The van der Waals surface area contributed by atoms with Crippen LogP contribution in [0.1, 0.15) is 38.3 Å². The number of para-hydroxylation sites is 2. The molecule has 8 aromatic rings. The Bertz CT molecular complexity index is 3410. The van der Waals surface area contributed by atoms with Crippen LogP contribution in [-0.4, -0.2) is 64.2 Å². The fourth-order valence-corrected chi connectivity index (χ4v) is 7.22. The molecule has 0 aliphatic heterocycles. The van der Waals surface area contributed by atoms with Crippen molar-refractivity contribution in [1.29, 1.82) is 0 Å². The fraction of sp³-hybridized carbons (Fsp3) is 0.244. The molecule has 0 atom stereocenters. The smallest absolute Gasteiger partial charge is 1.00 e. The molecule has 0 aliphatic rings. The molecule has 0 spiro atoms. The summed E-state index contributed by atoms with van der Waals surface area (Å²) in [6, 6.07) is 15.6. The average Bonchev–Trinajstić information content (AvgIpc) is 3.80. The van der Waals surface area contributed by atoms with E-state index in [0.717, 1.165) is 37.8 Å². The number of aromatic nitrogens is 12. The summed E-state index contributed by atoms with van der Waals surface area (Å²) in [6.45, 7) is 7.71. The molecule has 0 saturated carbocycles. The number of halogens is 3. The molecule has 0 aliphatic carbocycles. The molecule has 0 saturated heterocycles. The van der Waals surface area contributed by atoms with Crippen LogP contribution in [0.4, 0.5) is 0 Å². The van der Waals surface area contributed by atoms with Crippen LogP contribution < -0.4 is 86.9 Å². The van der Waals surface area contributed by atoms with Crippen LogP contribution in [0, 0.1) is 37.5 Å². The maximum absolute atomic E-state index is 13.2. The van der Waals surface area contributed by atoms with E-state index in [9.17, 15) is 19.2 Å². The van der Waals surface area contributed by atoms with Crippen LogP contribution in [0.25, 0.3) is 44.1 Å². The van der Waals surface area contributed by atoms with Gasteiger partial charge in [0.2, 0.25) is 0 Å². The summed E-state index contributed by atoms with van der Waals surface area (Å²) in [4.78, 5) is 88.8. The van der Waals surface area contributed by atoms with Gasteiger partial charge in [0, 0.05) is 36.3 Å². The van der Waals surface area contributed by atoms with Crippen LogP contribution >= 0.6 is 43.5 Å². The standard InChI is InChI=1S/C20H17BrN6O2.C10H9BrN4O2.C10H9ClN2.CH2O3.2Na.H/c1-4-5-10-26-16-17(24-19(26)21)25(3)20(29)27(18(16)28)11-15-22-12(2)13-8-6-7-9-14(13)23-15;1-3-4-5-15-6-7(12-9(15)11)14(2)10(17)13-8(6)16;1-7-8-4-2-3-5-9(8)13-10(6-11)12-7;2-1-4-3;;;/h6-9H,10-11H2,1-3H3;5H2,1-2H3,(H,13,16,17);2-5H,6H2,1H3;1,3H;;;/q;;;;2*+1;-1/p-1. The van der Waals surface area contributed by atoms with Crippen molar-refractivity contribution in [2.24, 2.45) is 14.1 Å². The Labute approximate surface area is 436 Å². The van der Waals surface area contributed by atoms with Crippen molar-refractivity contribution in [3.05, 3.63) is 123 Å². The number of hydrogen-bond donors (Lipinski definition) is 1. The van der Waals surface area contributed by atoms with E-state index in [1.54, 1.807) is 37.1 Å². The molecule has 0 radical (unpaired) electrons. The van der Waals surface area contributed by atoms with Gasteiger partial charge in [-0.25, -0.2) is 39.5 Å². The molecule has 0 unspecified atom stereocenters. The molecule has 6 aromatic heterocycles. The first-order valence-electron chi connectivity index (χ1n) is 18.4. The number of nitrogens with one attached hydrogen (secondary N) is 1. The van der Waals surface area contributed by atoms with Crippen LogP contribution in [0.3, 0.4) is 0 Å². The van der Waals surface area contributed by atoms with Gasteiger partial charge in [-0.1, -0.05) is 48.2 Å².